The molecular formula is C26H22N4O2S. The Kier molecular flexibility index (Phi) is 6.86. The molecule has 164 valence electrons. The van der Waals surface area contributed by atoms with Crippen molar-refractivity contribution in [3.05, 3.63) is 84.1 Å². The number of anilines is 1. The predicted octanol–water partition coefficient (Wildman–Crippen LogP) is 6.09. The van der Waals surface area contributed by atoms with Gasteiger partial charge in [-0.1, -0.05) is 84.5 Å². The van der Waals surface area contributed by atoms with Crippen LogP contribution < -0.4 is 5.32 Å². The number of hydrogen-bond donors (Lipinski definition) is 1. The summed E-state index contributed by atoms with van der Waals surface area (Å²) >= 11 is 1.29. The fourth-order valence-corrected chi connectivity index (χ4v) is 4.43. The van der Waals surface area contributed by atoms with Crippen molar-refractivity contribution in [1.82, 2.24) is 10.1 Å². The predicted molar refractivity (Wildman–Crippen MR) is 130 cm³/mol. The van der Waals surface area contributed by atoms with Gasteiger partial charge in [0, 0.05) is 17.2 Å². The molecule has 2 heterocycles. The Hall–Kier alpha value is -3.89. The van der Waals surface area contributed by atoms with Gasteiger partial charge >= 0.3 is 0 Å². The van der Waals surface area contributed by atoms with Crippen LogP contribution in [0, 0.1) is 18.3 Å². The zero-order valence-electron chi connectivity index (χ0n) is 18.3. The third-order valence-corrected chi connectivity index (χ3v) is 6.40. The standard InChI is InChI=1S/C26H22N4O2S/c1-3-23(25(31)29-24-14-17(2)32-30-24)33-26-21(16-27)20(18-10-6-4-7-11-18)15-22(28-26)19-12-8-5-9-13-19/h4-15,23H,3H2,1-2H3,(H,29,30,31)/t23-/m0/s1. The number of pyridine rings is 1. The van der Waals surface area contributed by atoms with E-state index < -0.39 is 5.25 Å². The fourth-order valence-electron chi connectivity index (χ4n) is 3.41. The van der Waals surface area contributed by atoms with Gasteiger partial charge in [-0.2, -0.15) is 5.26 Å². The summed E-state index contributed by atoms with van der Waals surface area (Å²) in [6, 6.07) is 25.5. The van der Waals surface area contributed by atoms with E-state index in [1.807, 2.05) is 73.7 Å². The first-order chi connectivity index (χ1) is 16.1. The Morgan fingerprint density at radius 2 is 1.76 bits per heavy atom. The van der Waals surface area contributed by atoms with Gasteiger partial charge in [-0.15, -0.1) is 0 Å². The molecule has 6 nitrogen and oxygen atoms in total. The zero-order valence-corrected chi connectivity index (χ0v) is 19.1. The molecule has 2 aromatic heterocycles. The molecule has 4 rings (SSSR count). The minimum atomic E-state index is -0.462. The van der Waals surface area contributed by atoms with Gasteiger partial charge in [0.1, 0.15) is 16.9 Å². The number of amides is 1. The van der Waals surface area contributed by atoms with Crippen molar-refractivity contribution in [3.8, 4) is 28.5 Å². The largest absolute Gasteiger partial charge is 0.360 e. The van der Waals surface area contributed by atoms with Crippen LogP contribution >= 0.6 is 11.8 Å². The van der Waals surface area contributed by atoms with Crippen LogP contribution in [-0.4, -0.2) is 21.3 Å². The summed E-state index contributed by atoms with van der Waals surface area (Å²) in [5.41, 5.74) is 3.85. The molecule has 0 unspecified atom stereocenters. The van der Waals surface area contributed by atoms with Crippen LogP contribution in [0.15, 0.2) is 82.3 Å². The van der Waals surface area contributed by atoms with Crippen molar-refractivity contribution in [3.63, 3.8) is 0 Å². The molecule has 1 atom stereocenters. The zero-order chi connectivity index (χ0) is 23.2. The lowest BCUT2D eigenvalue weighted by Gasteiger charge is -2.17. The summed E-state index contributed by atoms with van der Waals surface area (Å²) in [5.74, 6) is 0.767. The Balaban J connectivity index is 1.75. The highest BCUT2D eigenvalue weighted by Crippen LogP contribution is 2.36. The van der Waals surface area contributed by atoms with E-state index >= 15 is 0 Å². The Morgan fingerprint density at radius 1 is 1.09 bits per heavy atom. The van der Waals surface area contributed by atoms with E-state index in [9.17, 15) is 10.1 Å². The second-order valence-corrected chi connectivity index (χ2v) is 8.60. The number of benzene rings is 2. The van der Waals surface area contributed by atoms with Gasteiger partial charge in [0.05, 0.1) is 16.5 Å². The number of aryl methyl sites for hydroxylation is 1. The molecule has 2 aromatic carbocycles. The molecule has 33 heavy (non-hydrogen) atoms. The van der Waals surface area contributed by atoms with Crippen molar-refractivity contribution >= 4 is 23.5 Å². The number of thioether (sulfide) groups is 1. The third-order valence-electron chi connectivity index (χ3n) is 5.05. The molecule has 0 saturated heterocycles. The summed E-state index contributed by atoms with van der Waals surface area (Å²) in [6.07, 6.45) is 0.552. The second kappa shape index (κ2) is 10.2. The third kappa shape index (κ3) is 5.13. The molecule has 4 aromatic rings. The molecule has 0 aliphatic carbocycles. The first-order valence-electron chi connectivity index (χ1n) is 10.6. The lowest BCUT2D eigenvalue weighted by molar-refractivity contribution is -0.115. The minimum Gasteiger partial charge on any atom is -0.360 e. The molecule has 1 N–H and O–H groups in total. The van der Waals surface area contributed by atoms with Crippen molar-refractivity contribution in [1.29, 1.82) is 5.26 Å². The van der Waals surface area contributed by atoms with Crippen LogP contribution in [0.5, 0.6) is 0 Å². The topological polar surface area (TPSA) is 91.8 Å². The molecule has 0 aliphatic heterocycles. The van der Waals surface area contributed by atoms with Crippen LogP contribution in [0.3, 0.4) is 0 Å². The summed E-state index contributed by atoms with van der Waals surface area (Å²) < 4.78 is 5.04. The highest BCUT2D eigenvalue weighted by atomic mass is 32.2. The average Bonchev–Trinajstić information content (AvgIpc) is 3.27. The molecule has 0 aliphatic rings. The van der Waals surface area contributed by atoms with Gasteiger partial charge in [0.15, 0.2) is 5.82 Å². The monoisotopic (exact) mass is 454 g/mol. The van der Waals surface area contributed by atoms with Gasteiger partial charge in [-0.25, -0.2) is 4.98 Å². The SMILES string of the molecule is CC[C@H](Sc1nc(-c2ccccc2)cc(-c2ccccc2)c1C#N)C(=O)Nc1cc(C)on1. The van der Waals surface area contributed by atoms with E-state index in [4.69, 9.17) is 9.51 Å². The number of hydrogen-bond acceptors (Lipinski definition) is 6. The average molecular weight is 455 g/mol. The molecular weight excluding hydrogens is 432 g/mol. The molecule has 0 radical (unpaired) electrons. The number of carbonyl (C=O) groups excluding carboxylic acids is 1. The summed E-state index contributed by atoms with van der Waals surface area (Å²) in [7, 11) is 0. The fraction of sp³-hybridized carbons (Fsp3) is 0.154. The van der Waals surface area contributed by atoms with Crippen LogP contribution in [-0.2, 0) is 4.79 Å². The van der Waals surface area contributed by atoms with Crippen molar-refractivity contribution < 1.29 is 9.32 Å². The highest BCUT2D eigenvalue weighted by molar-refractivity contribution is 8.00. The normalized spacial score (nSPS) is 11.5. The first kappa shape index (κ1) is 22.3. The number of nitriles is 1. The molecule has 0 spiro atoms. The number of rotatable bonds is 7. The quantitative estimate of drug-likeness (QED) is 0.340. The smallest absolute Gasteiger partial charge is 0.239 e. The summed E-state index contributed by atoms with van der Waals surface area (Å²) in [5, 5.41) is 16.7. The molecule has 1 amide bonds. The first-order valence-corrected chi connectivity index (χ1v) is 11.4. The van der Waals surface area contributed by atoms with E-state index in [0.29, 0.717) is 28.6 Å². The Morgan fingerprint density at radius 3 is 2.33 bits per heavy atom. The van der Waals surface area contributed by atoms with Gasteiger partial charge in [0.25, 0.3) is 0 Å². The van der Waals surface area contributed by atoms with Gasteiger partial charge < -0.3 is 9.84 Å². The van der Waals surface area contributed by atoms with Crippen molar-refractivity contribution in [2.45, 2.75) is 30.5 Å². The maximum atomic E-state index is 12.9. The number of carbonyl (C=O) groups is 1. The Bertz CT molecular complexity index is 1300. The Labute approximate surface area is 196 Å². The van der Waals surface area contributed by atoms with E-state index in [2.05, 4.69) is 16.5 Å². The second-order valence-electron chi connectivity index (χ2n) is 7.41. The highest BCUT2D eigenvalue weighted by Gasteiger charge is 2.24. The molecule has 0 bridgehead atoms. The van der Waals surface area contributed by atoms with Crippen LogP contribution in [0.1, 0.15) is 24.7 Å². The van der Waals surface area contributed by atoms with Crippen molar-refractivity contribution in [2.75, 3.05) is 5.32 Å². The molecule has 0 saturated carbocycles. The lowest BCUT2D eigenvalue weighted by atomic mass is 9.99. The van der Waals surface area contributed by atoms with E-state index in [0.717, 1.165) is 22.4 Å². The molecule has 0 fully saturated rings. The summed E-state index contributed by atoms with van der Waals surface area (Å²) in [6.45, 7) is 3.69. The number of nitrogens with one attached hydrogen (secondary N) is 1. The van der Waals surface area contributed by atoms with Crippen LogP contribution in [0.2, 0.25) is 0 Å². The number of nitrogens with zero attached hydrogens (tertiary/aromatic N) is 3. The maximum Gasteiger partial charge on any atom is 0.239 e. The minimum absolute atomic E-state index is 0.215. The molecule has 7 heteroatoms. The van der Waals surface area contributed by atoms with Crippen LogP contribution in [0.25, 0.3) is 22.4 Å². The lowest BCUT2D eigenvalue weighted by Crippen LogP contribution is -2.25. The van der Waals surface area contributed by atoms with E-state index in [1.165, 1.54) is 11.8 Å². The van der Waals surface area contributed by atoms with Gasteiger partial charge in [0.2, 0.25) is 5.91 Å². The van der Waals surface area contributed by atoms with E-state index in [-0.39, 0.29) is 5.91 Å². The summed E-state index contributed by atoms with van der Waals surface area (Å²) in [4.78, 5) is 17.8. The van der Waals surface area contributed by atoms with Gasteiger partial charge in [-0.05, 0) is 25.0 Å². The van der Waals surface area contributed by atoms with Crippen molar-refractivity contribution in [2.24, 2.45) is 0 Å². The number of aromatic nitrogens is 2. The maximum absolute atomic E-state index is 12.9. The van der Waals surface area contributed by atoms with Gasteiger partial charge in [-0.3, -0.25) is 4.79 Å². The van der Waals surface area contributed by atoms with Crippen LogP contribution in [0.4, 0.5) is 5.82 Å². The van der Waals surface area contributed by atoms with E-state index in [1.54, 1.807) is 13.0 Å².